The minimum Gasteiger partial charge on any atom is -0.490 e. The largest absolute Gasteiger partial charge is 0.490 e. The molecule has 33 heavy (non-hydrogen) atoms. The molecule has 0 N–H and O–H groups in total. The number of rotatable bonds is 6. The fourth-order valence-corrected chi connectivity index (χ4v) is 5.44. The first-order chi connectivity index (χ1) is 16.2. The van der Waals surface area contributed by atoms with Crippen molar-refractivity contribution in [2.45, 2.75) is 64.4 Å². The van der Waals surface area contributed by atoms with Crippen LogP contribution in [0.15, 0.2) is 54.6 Å². The first kappa shape index (κ1) is 23.6. The van der Waals surface area contributed by atoms with Gasteiger partial charge < -0.3 is 9.47 Å². The molecule has 0 amide bonds. The third-order valence-electron chi connectivity index (χ3n) is 7.21. The molecule has 2 aromatic rings. The Morgan fingerprint density at radius 2 is 1.76 bits per heavy atom. The van der Waals surface area contributed by atoms with Gasteiger partial charge >= 0.3 is 0 Å². The minimum absolute atomic E-state index is 0.214. The standard InChI is InChI=1S/C30H35FO2/c1-3-5-18-33-28-15-7-22(8-16-28)6-9-23-10-11-27(21-30(23)31)24-12-13-26-20-29(32-4-2)17-14-25(26)19-24/h3,5,7-8,10-11,15-16,21,24-26,29H,4,12-14,17-20H2,1-2H3/b5-3+. The molecule has 2 aliphatic rings. The molecule has 2 aromatic carbocycles. The summed E-state index contributed by atoms with van der Waals surface area (Å²) in [6, 6.07) is 13.3. The van der Waals surface area contributed by atoms with Gasteiger partial charge in [-0.25, -0.2) is 4.39 Å². The lowest BCUT2D eigenvalue weighted by molar-refractivity contribution is -0.00956. The highest BCUT2D eigenvalue weighted by atomic mass is 19.1. The molecule has 4 atom stereocenters. The predicted molar refractivity (Wildman–Crippen MR) is 132 cm³/mol. The third-order valence-corrected chi connectivity index (χ3v) is 7.21. The fraction of sp³-hybridized carbons (Fsp3) is 0.467. The van der Waals surface area contributed by atoms with Gasteiger partial charge in [0.15, 0.2) is 0 Å². The number of hydrogen-bond donors (Lipinski definition) is 0. The lowest BCUT2D eigenvalue weighted by Gasteiger charge is -2.42. The smallest absolute Gasteiger partial charge is 0.139 e. The van der Waals surface area contributed by atoms with Crippen molar-refractivity contribution in [2.24, 2.45) is 11.8 Å². The van der Waals surface area contributed by atoms with Crippen LogP contribution in [0.3, 0.4) is 0 Å². The second-order valence-corrected chi connectivity index (χ2v) is 9.31. The molecule has 3 heteroatoms. The van der Waals surface area contributed by atoms with Crippen molar-refractivity contribution in [3.8, 4) is 17.6 Å². The Morgan fingerprint density at radius 1 is 0.970 bits per heavy atom. The van der Waals surface area contributed by atoms with E-state index < -0.39 is 0 Å². The Kier molecular flexibility index (Phi) is 8.24. The van der Waals surface area contributed by atoms with Gasteiger partial charge in [-0.15, -0.1) is 0 Å². The van der Waals surface area contributed by atoms with E-state index in [1.165, 1.54) is 32.1 Å². The second kappa shape index (κ2) is 11.5. The first-order valence-electron chi connectivity index (χ1n) is 12.4. The zero-order chi connectivity index (χ0) is 23.0. The molecule has 0 saturated heterocycles. The predicted octanol–water partition coefficient (Wildman–Crippen LogP) is 7.27. The molecular weight excluding hydrogens is 411 g/mol. The van der Waals surface area contributed by atoms with Crippen LogP contribution in [-0.2, 0) is 4.74 Å². The molecule has 0 radical (unpaired) electrons. The van der Waals surface area contributed by atoms with Crippen LogP contribution in [0.25, 0.3) is 0 Å². The van der Waals surface area contributed by atoms with Gasteiger partial charge in [0.1, 0.15) is 18.2 Å². The van der Waals surface area contributed by atoms with Crippen LogP contribution in [0.5, 0.6) is 5.75 Å². The van der Waals surface area contributed by atoms with Crippen molar-refractivity contribution in [3.05, 3.63) is 77.1 Å². The van der Waals surface area contributed by atoms with Crippen LogP contribution in [-0.4, -0.2) is 19.3 Å². The van der Waals surface area contributed by atoms with Gasteiger partial charge in [-0.2, -0.15) is 0 Å². The number of ether oxygens (including phenoxy) is 2. The van der Waals surface area contributed by atoms with Gasteiger partial charge in [0.25, 0.3) is 0 Å². The van der Waals surface area contributed by atoms with Crippen LogP contribution in [0.4, 0.5) is 4.39 Å². The summed E-state index contributed by atoms with van der Waals surface area (Å²) < 4.78 is 26.4. The van der Waals surface area contributed by atoms with Crippen molar-refractivity contribution in [2.75, 3.05) is 13.2 Å². The van der Waals surface area contributed by atoms with E-state index in [0.717, 1.165) is 41.7 Å². The number of fused-ring (bicyclic) bond motifs is 1. The maximum Gasteiger partial charge on any atom is 0.139 e. The number of hydrogen-bond acceptors (Lipinski definition) is 2. The molecule has 0 aliphatic heterocycles. The minimum atomic E-state index is -0.214. The van der Waals surface area contributed by atoms with Gasteiger partial charge in [-0.1, -0.05) is 30.1 Å². The number of halogens is 1. The van der Waals surface area contributed by atoms with E-state index in [4.69, 9.17) is 9.47 Å². The van der Waals surface area contributed by atoms with Crippen molar-refractivity contribution in [1.29, 1.82) is 0 Å². The quantitative estimate of drug-likeness (QED) is 0.343. The number of allylic oxidation sites excluding steroid dienone is 1. The lowest BCUT2D eigenvalue weighted by Crippen LogP contribution is -2.33. The van der Waals surface area contributed by atoms with Gasteiger partial charge in [-0.05, 0) is 112 Å². The van der Waals surface area contributed by atoms with Crippen LogP contribution in [0, 0.1) is 29.5 Å². The van der Waals surface area contributed by atoms with Gasteiger partial charge in [-0.3, -0.25) is 0 Å². The first-order valence-corrected chi connectivity index (χ1v) is 12.4. The third kappa shape index (κ3) is 6.27. The summed E-state index contributed by atoms with van der Waals surface area (Å²) in [7, 11) is 0. The Morgan fingerprint density at radius 3 is 2.52 bits per heavy atom. The molecule has 0 heterocycles. The summed E-state index contributed by atoms with van der Waals surface area (Å²) in [4.78, 5) is 0. The molecule has 4 rings (SSSR count). The normalized spacial score (nSPS) is 24.7. The zero-order valence-electron chi connectivity index (χ0n) is 19.9. The van der Waals surface area contributed by atoms with E-state index in [2.05, 4.69) is 24.8 Å². The summed E-state index contributed by atoms with van der Waals surface area (Å²) in [5.74, 6) is 8.66. The molecule has 174 valence electrons. The maximum absolute atomic E-state index is 14.9. The summed E-state index contributed by atoms with van der Waals surface area (Å²) in [5.41, 5.74) is 2.43. The average Bonchev–Trinajstić information content (AvgIpc) is 2.84. The zero-order valence-corrected chi connectivity index (χ0v) is 19.9. The Hall–Kier alpha value is -2.57. The number of benzene rings is 2. The maximum atomic E-state index is 14.9. The summed E-state index contributed by atoms with van der Waals surface area (Å²) in [6.07, 6.45) is 11.5. The lowest BCUT2D eigenvalue weighted by atomic mass is 9.65. The molecule has 0 bridgehead atoms. The van der Waals surface area contributed by atoms with Crippen molar-refractivity contribution >= 4 is 0 Å². The van der Waals surface area contributed by atoms with Crippen molar-refractivity contribution in [1.82, 2.24) is 0 Å². The average molecular weight is 447 g/mol. The monoisotopic (exact) mass is 446 g/mol. The molecular formula is C30H35FO2. The Balaban J connectivity index is 1.36. The molecule has 0 spiro atoms. The topological polar surface area (TPSA) is 18.5 Å². The van der Waals surface area contributed by atoms with E-state index in [1.54, 1.807) is 6.07 Å². The van der Waals surface area contributed by atoms with Crippen LogP contribution in [0.1, 0.15) is 75.0 Å². The van der Waals surface area contributed by atoms with E-state index >= 15 is 0 Å². The van der Waals surface area contributed by atoms with Gasteiger partial charge in [0.2, 0.25) is 0 Å². The van der Waals surface area contributed by atoms with E-state index in [-0.39, 0.29) is 5.82 Å². The van der Waals surface area contributed by atoms with Crippen LogP contribution in [0.2, 0.25) is 0 Å². The highest BCUT2D eigenvalue weighted by molar-refractivity contribution is 5.45. The molecule has 2 nitrogen and oxygen atoms in total. The van der Waals surface area contributed by atoms with Crippen LogP contribution >= 0.6 is 0 Å². The summed E-state index contributed by atoms with van der Waals surface area (Å²) >= 11 is 0. The van der Waals surface area contributed by atoms with E-state index in [1.807, 2.05) is 49.4 Å². The van der Waals surface area contributed by atoms with Crippen molar-refractivity contribution < 1.29 is 13.9 Å². The molecule has 2 fully saturated rings. The Labute approximate surface area is 198 Å². The highest BCUT2D eigenvalue weighted by Crippen LogP contribution is 2.46. The Bertz CT molecular complexity index is 998. The fourth-order valence-electron chi connectivity index (χ4n) is 5.44. The highest BCUT2D eigenvalue weighted by Gasteiger charge is 2.36. The van der Waals surface area contributed by atoms with Gasteiger partial charge in [0, 0.05) is 12.2 Å². The van der Waals surface area contributed by atoms with E-state index in [0.29, 0.717) is 24.2 Å². The van der Waals surface area contributed by atoms with Crippen molar-refractivity contribution in [3.63, 3.8) is 0 Å². The second-order valence-electron chi connectivity index (χ2n) is 9.31. The summed E-state index contributed by atoms with van der Waals surface area (Å²) in [5, 5.41) is 0. The molecule has 2 saturated carbocycles. The van der Waals surface area contributed by atoms with E-state index in [9.17, 15) is 4.39 Å². The van der Waals surface area contributed by atoms with Gasteiger partial charge in [0.05, 0.1) is 11.7 Å². The summed E-state index contributed by atoms with van der Waals surface area (Å²) in [6.45, 7) is 5.42. The molecule has 0 aromatic heterocycles. The molecule has 4 unspecified atom stereocenters. The SMILES string of the molecule is C/C=C/COc1ccc(C#Cc2ccc(C3CCC4CC(OCC)CCC4C3)cc2F)cc1. The molecule has 2 aliphatic carbocycles. The van der Waals surface area contributed by atoms with Crippen LogP contribution < -0.4 is 4.74 Å².